The fraction of sp³-hybridized carbons (Fsp3) is 0.571. The third-order valence-electron chi connectivity index (χ3n) is 3.28. The first-order valence-electron chi connectivity index (χ1n) is 6.89. The summed E-state index contributed by atoms with van der Waals surface area (Å²) in [7, 11) is 1.65. The molecule has 21 heavy (non-hydrogen) atoms. The highest BCUT2D eigenvalue weighted by Crippen LogP contribution is 2.33. The minimum absolute atomic E-state index is 0.277. The number of thiophene rings is 1. The largest absolute Gasteiger partial charge is 0.370 e. The number of fused-ring (bicyclic) bond motifs is 1. The summed E-state index contributed by atoms with van der Waals surface area (Å²) in [6, 6.07) is 0. The molecule has 0 fully saturated rings. The standard InChI is InChI=1S/C14H20F2N4S/c1-5-17-13-12-8(2)9(3)21-14(12)19-11(18-13)7-20(4)6-10(15)16/h10H,5-7H2,1-4H3,(H,17,18,19). The van der Waals surface area contributed by atoms with Crippen LogP contribution in [0.25, 0.3) is 10.2 Å². The summed E-state index contributed by atoms with van der Waals surface area (Å²) < 4.78 is 24.8. The second-order valence-electron chi connectivity index (χ2n) is 5.07. The molecule has 0 atom stereocenters. The first kappa shape index (κ1) is 16.0. The molecule has 0 unspecified atom stereocenters. The van der Waals surface area contributed by atoms with Crippen molar-refractivity contribution >= 4 is 27.4 Å². The van der Waals surface area contributed by atoms with Gasteiger partial charge < -0.3 is 5.32 Å². The van der Waals surface area contributed by atoms with E-state index in [1.165, 1.54) is 15.3 Å². The molecule has 116 valence electrons. The van der Waals surface area contributed by atoms with Crippen molar-refractivity contribution in [1.82, 2.24) is 14.9 Å². The first-order valence-corrected chi connectivity index (χ1v) is 7.71. The number of aromatic nitrogens is 2. The maximum absolute atomic E-state index is 12.4. The molecule has 0 amide bonds. The molecule has 2 rings (SSSR count). The van der Waals surface area contributed by atoms with E-state index in [-0.39, 0.29) is 6.54 Å². The van der Waals surface area contributed by atoms with Crippen LogP contribution in [-0.4, -0.2) is 41.4 Å². The molecule has 2 aromatic rings. The third-order valence-corrected chi connectivity index (χ3v) is 4.38. The molecule has 0 aliphatic rings. The molecule has 0 aliphatic heterocycles. The number of nitrogens with zero attached hydrogens (tertiary/aromatic N) is 3. The van der Waals surface area contributed by atoms with Crippen LogP contribution in [0, 0.1) is 13.8 Å². The van der Waals surface area contributed by atoms with E-state index in [1.54, 1.807) is 18.4 Å². The number of nitrogens with one attached hydrogen (secondary N) is 1. The lowest BCUT2D eigenvalue weighted by atomic mass is 10.2. The molecule has 0 saturated heterocycles. The third kappa shape index (κ3) is 3.65. The Morgan fingerprint density at radius 2 is 2.00 bits per heavy atom. The van der Waals surface area contributed by atoms with E-state index in [2.05, 4.69) is 29.1 Å². The number of alkyl halides is 2. The summed E-state index contributed by atoms with van der Waals surface area (Å²) >= 11 is 1.62. The van der Waals surface area contributed by atoms with Crippen molar-refractivity contribution in [1.29, 1.82) is 0 Å². The van der Waals surface area contributed by atoms with Gasteiger partial charge in [-0.3, -0.25) is 4.90 Å². The summed E-state index contributed by atoms with van der Waals surface area (Å²) in [6.45, 7) is 6.91. The number of hydrogen-bond donors (Lipinski definition) is 1. The van der Waals surface area contributed by atoms with Crippen molar-refractivity contribution in [2.45, 2.75) is 33.7 Å². The minimum Gasteiger partial charge on any atom is -0.370 e. The average molecular weight is 314 g/mol. The van der Waals surface area contributed by atoms with Gasteiger partial charge in [-0.25, -0.2) is 18.7 Å². The molecule has 0 radical (unpaired) electrons. The summed E-state index contributed by atoms with van der Waals surface area (Å²) in [5, 5.41) is 4.29. The maximum atomic E-state index is 12.4. The Hall–Kier alpha value is -1.34. The highest BCUT2D eigenvalue weighted by atomic mass is 32.1. The zero-order chi connectivity index (χ0) is 15.6. The highest BCUT2D eigenvalue weighted by molar-refractivity contribution is 7.18. The van der Waals surface area contributed by atoms with Gasteiger partial charge in [-0.1, -0.05) is 0 Å². The Kier molecular flexibility index (Phi) is 5.05. The van der Waals surface area contributed by atoms with E-state index in [0.29, 0.717) is 12.4 Å². The molecule has 0 spiro atoms. The topological polar surface area (TPSA) is 41.1 Å². The van der Waals surface area contributed by atoms with Gasteiger partial charge in [-0.15, -0.1) is 11.3 Å². The van der Waals surface area contributed by atoms with Crippen molar-refractivity contribution in [3.63, 3.8) is 0 Å². The summed E-state index contributed by atoms with van der Waals surface area (Å²) in [4.78, 5) is 12.7. The summed E-state index contributed by atoms with van der Waals surface area (Å²) in [5.74, 6) is 1.37. The summed E-state index contributed by atoms with van der Waals surface area (Å²) in [5.41, 5.74) is 1.18. The van der Waals surface area contributed by atoms with Crippen molar-refractivity contribution in [2.75, 3.05) is 25.5 Å². The predicted octanol–water partition coefficient (Wildman–Crippen LogP) is 3.44. The van der Waals surface area contributed by atoms with E-state index >= 15 is 0 Å². The number of aryl methyl sites for hydroxylation is 2. The van der Waals surface area contributed by atoms with Gasteiger partial charge in [-0.05, 0) is 33.4 Å². The Morgan fingerprint density at radius 1 is 1.29 bits per heavy atom. The van der Waals surface area contributed by atoms with Gasteiger partial charge in [0.15, 0.2) is 0 Å². The number of anilines is 1. The lowest BCUT2D eigenvalue weighted by Crippen LogP contribution is -2.25. The van der Waals surface area contributed by atoms with Crippen LogP contribution in [0.3, 0.4) is 0 Å². The van der Waals surface area contributed by atoms with Crippen molar-refractivity contribution in [2.24, 2.45) is 0 Å². The van der Waals surface area contributed by atoms with Crippen molar-refractivity contribution < 1.29 is 8.78 Å². The van der Waals surface area contributed by atoms with E-state index in [0.717, 1.165) is 22.6 Å². The quantitative estimate of drug-likeness (QED) is 0.887. The number of halogens is 2. The number of hydrogen-bond acceptors (Lipinski definition) is 5. The molecule has 2 heterocycles. The van der Waals surface area contributed by atoms with Crippen LogP contribution in [0.15, 0.2) is 0 Å². The van der Waals surface area contributed by atoms with E-state index < -0.39 is 6.43 Å². The van der Waals surface area contributed by atoms with Crippen LogP contribution in [0.2, 0.25) is 0 Å². The Balaban J connectivity index is 2.37. The van der Waals surface area contributed by atoms with Crippen LogP contribution in [0.1, 0.15) is 23.2 Å². The van der Waals surface area contributed by atoms with Crippen molar-refractivity contribution in [3.05, 3.63) is 16.3 Å². The Labute approximate surface area is 127 Å². The van der Waals surface area contributed by atoms with Gasteiger partial charge in [0.25, 0.3) is 6.43 Å². The van der Waals surface area contributed by atoms with Gasteiger partial charge in [0.1, 0.15) is 16.5 Å². The molecular formula is C14H20F2N4S. The molecule has 7 heteroatoms. The fourth-order valence-electron chi connectivity index (χ4n) is 2.20. The van der Waals surface area contributed by atoms with Gasteiger partial charge in [0.05, 0.1) is 18.5 Å². The van der Waals surface area contributed by atoms with Gasteiger partial charge >= 0.3 is 0 Å². The normalized spacial score (nSPS) is 11.8. The first-order chi connectivity index (χ1) is 9.92. The number of rotatable bonds is 6. The van der Waals surface area contributed by atoms with Crippen LogP contribution in [-0.2, 0) is 6.54 Å². The molecule has 4 nitrogen and oxygen atoms in total. The van der Waals surface area contributed by atoms with Gasteiger partial charge in [0.2, 0.25) is 0 Å². The zero-order valence-electron chi connectivity index (χ0n) is 12.7. The smallest absolute Gasteiger partial charge is 0.251 e. The molecule has 2 aromatic heterocycles. The second-order valence-corrected chi connectivity index (χ2v) is 6.27. The summed E-state index contributed by atoms with van der Waals surface area (Å²) in [6.07, 6.45) is -2.35. The molecule has 1 N–H and O–H groups in total. The molecule has 0 bridgehead atoms. The Morgan fingerprint density at radius 3 is 2.62 bits per heavy atom. The lowest BCUT2D eigenvalue weighted by molar-refractivity contribution is 0.0966. The van der Waals surface area contributed by atoms with Gasteiger partial charge in [0, 0.05) is 11.4 Å². The molecule has 0 aliphatic carbocycles. The van der Waals surface area contributed by atoms with E-state index in [4.69, 9.17) is 0 Å². The van der Waals surface area contributed by atoms with Crippen LogP contribution in [0.5, 0.6) is 0 Å². The molecule has 0 aromatic carbocycles. The minimum atomic E-state index is -2.35. The molecule has 0 saturated carbocycles. The van der Waals surface area contributed by atoms with E-state index in [1.807, 2.05) is 6.92 Å². The fourth-order valence-corrected chi connectivity index (χ4v) is 3.25. The van der Waals surface area contributed by atoms with Crippen molar-refractivity contribution in [3.8, 4) is 0 Å². The maximum Gasteiger partial charge on any atom is 0.251 e. The second kappa shape index (κ2) is 6.62. The molecular weight excluding hydrogens is 294 g/mol. The lowest BCUT2D eigenvalue weighted by Gasteiger charge is -2.15. The monoisotopic (exact) mass is 314 g/mol. The average Bonchev–Trinajstić information content (AvgIpc) is 2.64. The van der Waals surface area contributed by atoms with Crippen LogP contribution in [0.4, 0.5) is 14.6 Å². The highest BCUT2D eigenvalue weighted by Gasteiger charge is 2.16. The predicted molar refractivity (Wildman–Crippen MR) is 83.4 cm³/mol. The van der Waals surface area contributed by atoms with E-state index in [9.17, 15) is 8.78 Å². The van der Waals surface area contributed by atoms with Crippen LogP contribution >= 0.6 is 11.3 Å². The van der Waals surface area contributed by atoms with Gasteiger partial charge in [-0.2, -0.15) is 0 Å². The van der Waals surface area contributed by atoms with Crippen LogP contribution < -0.4 is 5.32 Å². The SMILES string of the molecule is CCNc1nc(CN(C)CC(F)F)nc2sc(C)c(C)c12. The Bertz CT molecular complexity index is 627. The zero-order valence-corrected chi connectivity index (χ0v) is 13.5.